The molecule has 2 heterocycles. The third kappa shape index (κ3) is 5.25. The number of hydrogen-bond acceptors (Lipinski definition) is 4. The molecule has 2 fully saturated rings. The molecule has 0 bridgehead atoms. The third-order valence-electron chi connectivity index (χ3n) is 6.94. The maximum absolute atomic E-state index is 13.7. The van der Waals surface area contributed by atoms with Gasteiger partial charge in [-0.05, 0) is 100 Å². The molecule has 0 spiro atoms. The Morgan fingerprint density at radius 3 is 2.55 bits per heavy atom. The highest BCUT2D eigenvalue weighted by Gasteiger charge is 2.27. The topological polar surface area (TPSA) is 47.4 Å². The quantitative estimate of drug-likeness (QED) is 0.434. The minimum Gasteiger partial charge on any atom is -0.457 e. The third-order valence-corrected chi connectivity index (χ3v) is 7.20. The zero-order valence-electron chi connectivity index (χ0n) is 19.5. The fraction of sp³-hybridized carbons (Fsp3) is 0.481. The van der Waals surface area contributed by atoms with Crippen molar-refractivity contribution in [3.8, 4) is 11.5 Å². The van der Waals surface area contributed by atoms with Gasteiger partial charge in [0.2, 0.25) is 0 Å². The Balaban J connectivity index is 1.47. The monoisotopic (exact) mass is 465 g/mol. The highest BCUT2D eigenvalue weighted by atomic mass is 35.5. The molecular formula is C27H32ClN3O2. The van der Waals surface area contributed by atoms with Crippen LogP contribution in [0.5, 0.6) is 11.5 Å². The largest absolute Gasteiger partial charge is 0.457 e. The van der Waals surface area contributed by atoms with E-state index in [4.69, 9.17) is 21.3 Å². The van der Waals surface area contributed by atoms with Gasteiger partial charge in [-0.1, -0.05) is 11.6 Å². The first kappa shape index (κ1) is 22.4. The van der Waals surface area contributed by atoms with E-state index in [2.05, 4.69) is 18.7 Å². The molecule has 1 aromatic heterocycles. The van der Waals surface area contributed by atoms with Gasteiger partial charge in [0, 0.05) is 30.6 Å². The molecule has 33 heavy (non-hydrogen) atoms. The second-order valence-electron chi connectivity index (χ2n) is 9.92. The average molecular weight is 466 g/mol. The van der Waals surface area contributed by atoms with Crippen molar-refractivity contribution in [2.75, 3.05) is 13.1 Å². The Labute approximate surface area is 200 Å². The van der Waals surface area contributed by atoms with Crippen molar-refractivity contribution < 1.29 is 4.74 Å². The maximum Gasteiger partial charge on any atom is 0.261 e. The number of halogens is 1. The van der Waals surface area contributed by atoms with Crippen molar-refractivity contribution in [3.05, 3.63) is 63.7 Å². The molecule has 3 aromatic rings. The summed E-state index contributed by atoms with van der Waals surface area (Å²) in [5.74, 6) is 3.42. The van der Waals surface area contributed by atoms with Crippen LogP contribution in [0.1, 0.15) is 45.4 Å². The van der Waals surface area contributed by atoms with E-state index in [0.29, 0.717) is 39.8 Å². The second kappa shape index (κ2) is 9.47. The summed E-state index contributed by atoms with van der Waals surface area (Å²) >= 11 is 5.98. The first-order chi connectivity index (χ1) is 16.0. The summed E-state index contributed by atoms with van der Waals surface area (Å²) in [7, 11) is 0. The Bertz CT molecular complexity index is 1180. The van der Waals surface area contributed by atoms with E-state index in [1.165, 1.54) is 19.3 Å². The molecule has 1 atom stereocenters. The molecule has 1 saturated heterocycles. The van der Waals surface area contributed by atoms with Crippen LogP contribution in [0.25, 0.3) is 10.9 Å². The van der Waals surface area contributed by atoms with Crippen LogP contribution in [0.3, 0.4) is 0 Å². The van der Waals surface area contributed by atoms with Crippen LogP contribution >= 0.6 is 11.6 Å². The van der Waals surface area contributed by atoms with Gasteiger partial charge in [0.05, 0.1) is 10.9 Å². The number of piperidine rings is 1. The van der Waals surface area contributed by atoms with Crippen LogP contribution in [0.4, 0.5) is 0 Å². The maximum atomic E-state index is 13.7. The van der Waals surface area contributed by atoms with E-state index in [9.17, 15) is 4.79 Å². The van der Waals surface area contributed by atoms with E-state index < -0.39 is 0 Å². The minimum atomic E-state index is 0.0545. The van der Waals surface area contributed by atoms with Crippen LogP contribution in [0.2, 0.25) is 5.02 Å². The van der Waals surface area contributed by atoms with Crippen LogP contribution in [-0.2, 0) is 13.0 Å². The second-order valence-corrected chi connectivity index (χ2v) is 10.4. The van der Waals surface area contributed by atoms with Gasteiger partial charge in [-0.25, -0.2) is 4.98 Å². The molecule has 2 aromatic carbocycles. The van der Waals surface area contributed by atoms with E-state index in [-0.39, 0.29) is 5.56 Å². The van der Waals surface area contributed by atoms with Crippen LogP contribution in [0.15, 0.2) is 47.3 Å². The summed E-state index contributed by atoms with van der Waals surface area (Å²) in [6.07, 6.45) is 5.74. The molecule has 0 radical (unpaired) electrons. The molecule has 0 amide bonds. The van der Waals surface area contributed by atoms with Crippen molar-refractivity contribution in [2.45, 2.75) is 58.5 Å². The molecule has 174 valence electrons. The lowest BCUT2D eigenvalue weighted by atomic mass is 9.96. The van der Waals surface area contributed by atoms with E-state index in [1.54, 1.807) is 12.1 Å². The average Bonchev–Trinajstić information content (AvgIpc) is 3.63. The van der Waals surface area contributed by atoms with Crippen LogP contribution in [-0.4, -0.2) is 33.6 Å². The summed E-state index contributed by atoms with van der Waals surface area (Å²) in [5.41, 5.74) is 0.807. The predicted octanol–water partition coefficient (Wildman–Crippen LogP) is 5.92. The number of benzene rings is 2. The molecule has 6 heteroatoms. The standard InChI is InChI=1S/C27H32ClN3O2/c1-18(2)30-13-3-4-20(16-30)17-31-26(14-19-5-6-19)29-25-12-11-23(15-24(25)27(31)32)33-22-9-7-21(28)8-10-22/h7-12,15,18-20H,3-6,13-14,16-17H2,1-2H3/t20-/m0/s1. The van der Waals surface area contributed by atoms with Gasteiger partial charge < -0.3 is 9.64 Å². The van der Waals surface area contributed by atoms with Crippen LogP contribution in [0, 0.1) is 11.8 Å². The van der Waals surface area contributed by atoms with Gasteiger partial charge in [0.15, 0.2) is 0 Å². The molecule has 0 N–H and O–H groups in total. The summed E-state index contributed by atoms with van der Waals surface area (Å²) < 4.78 is 7.96. The van der Waals surface area contributed by atoms with E-state index in [0.717, 1.165) is 43.8 Å². The van der Waals surface area contributed by atoms with Gasteiger partial charge in [0.1, 0.15) is 17.3 Å². The molecule has 2 aliphatic rings. The number of hydrogen-bond donors (Lipinski definition) is 0. The van der Waals surface area contributed by atoms with Gasteiger partial charge in [-0.2, -0.15) is 0 Å². The first-order valence-electron chi connectivity index (χ1n) is 12.2. The zero-order valence-corrected chi connectivity index (χ0v) is 20.2. The van der Waals surface area contributed by atoms with Gasteiger partial charge >= 0.3 is 0 Å². The lowest BCUT2D eigenvalue weighted by Crippen LogP contribution is -2.42. The highest BCUT2D eigenvalue weighted by molar-refractivity contribution is 6.30. The summed E-state index contributed by atoms with van der Waals surface area (Å²) in [4.78, 5) is 21.2. The van der Waals surface area contributed by atoms with Gasteiger partial charge in [-0.15, -0.1) is 0 Å². The Morgan fingerprint density at radius 1 is 1.06 bits per heavy atom. The number of nitrogens with zero attached hydrogens (tertiary/aromatic N) is 3. The van der Waals surface area contributed by atoms with Crippen molar-refractivity contribution in [1.29, 1.82) is 0 Å². The predicted molar refractivity (Wildman–Crippen MR) is 133 cm³/mol. The SMILES string of the molecule is CC(C)N1CCC[C@H](Cn2c(CC3CC3)nc3ccc(Oc4ccc(Cl)cc4)cc3c2=O)C1. The Hall–Kier alpha value is -2.37. The number of rotatable bonds is 7. The molecule has 5 rings (SSSR count). The summed E-state index contributed by atoms with van der Waals surface area (Å²) in [5, 5.41) is 1.28. The molecule has 0 unspecified atom stereocenters. The Kier molecular flexibility index (Phi) is 6.44. The number of ether oxygens (including phenoxy) is 1. The number of likely N-dealkylation sites (tertiary alicyclic amines) is 1. The summed E-state index contributed by atoms with van der Waals surface area (Å²) in [6, 6.07) is 13.4. The number of fused-ring (bicyclic) bond motifs is 1. The lowest BCUT2D eigenvalue weighted by Gasteiger charge is -2.35. The molecule has 1 aliphatic heterocycles. The van der Waals surface area contributed by atoms with Crippen molar-refractivity contribution >= 4 is 22.5 Å². The molecule has 1 aliphatic carbocycles. The molecule has 5 nitrogen and oxygen atoms in total. The van der Waals surface area contributed by atoms with Crippen molar-refractivity contribution in [1.82, 2.24) is 14.5 Å². The fourth-order valence-electron chi connectivity index (χ4n) is 4.85. The smallest absolute Gasteiger partial charge is 0.261 e. The van der Waals surface area contributed by atoms with Crippen molar-refractivity contribution in [2.24, 2.45) is 11.8 Å². The normalized spacial score (nSPS) is 19.3. The Morgan fingerprint density at radius 2 is 1.82 bits per heavy atom. The highest BCUT2D eigenvalue weighted by Crippen LogP contribution is 2.33. The van der Waals surface area contributed by atoms with E-state index >= 15 is 0 Å². The molecular weight excluding hydrogens is 434 g/mol. The number of aromatic nitrogens is 2. The van der Waals surface area contributed by atoms with E-state index in [1.807, 2.05) is 34.9 Å². The first-order valence-corrected chi connectivity index (χ1v) is 12.5. The molecule has 1 saturated carbocycles. The van der Waals surface area contributed by atoms with Crippen molar-refractivity contribution in [3.63, 3.8) is 0 Å². The lowest BCUT2D eigenvalue weighted by molar-refractivity contribution is 0.129. The minimum absolute atomic E-state index is 0.0545. The fourth-order valence-corrected chi connectivity index (χ4v) is 4.97. The van der Waals surface area contributed by atoms with Crippen LogP contribution < -0.4 is 10.3 Å². The summed E-state index contributed by atoms with van der Waals surface area (Å²) in [6.45, 7) is 7.46. The zero-order chi connectivity index (χ0) is 22.9. The van der Waals surface area contributed by atoms with Gasteiger partial charge in [0.25, 0.3) is 5.56 Å². The van der Waals surface area contributed by atoms with Gasteiger partial charge in [-0.3, -0.25) is 9.36 Å².